The molecule has 2 heterocycles. The number of hydrogen-bond acceptors (Lipinski definition) is 5. The van der Waals surface area contributed by atoms with Crippen LogP contribution in [0.2, 0.25) is 0 Å². The van der Waals surface area contributed by atoms with Gasteiger partial charge in [0.05, 0.1) is 21.9 Å². The molecule has 0 aliphatic rings. The van der Waals surface area contributed by atoms with Gasteiger partial charge in [-0.2, -0.15) is 0 Å². The summed E-state index contributed by atoms with van der Waals surface area (Å²) in [6.07, 6.45) is 0. The summed E-state index contributed by atoms with van der Waals surface area (Å²) in [6.45, 7) is 1.95. The van der Waals surface area contributed by atoms with Crippen molar-refractivity contribution in [2.45, 2.75) is 13.5 Å². The van der Waals surface area contributed by atoms with E-state index in [-0.39, 0.29) is 39.9 Å². The summed E-state index contributed by atoms with van der Waals surface area (Å²) in [4.78, 5) is 38.7. The van der Waals surface area contributed by atoms with Crippen LogP contribution in [0.4, 0.5) is 0 Å². The number of fused-ring (bicyclic) bond motifs is 2. The summed E-state index contributed by atoms with van der Waals surface area (Å²) in [6, 6.07) is 14.0. The minimum Gasteiger partial charge on any atom is -0.507 e. The van der Waals surface area contributed by atoms with Crippen molar-refractivity contribution in [3.05, 3.63) is 86.3 Å². The van der Waals surface area contributed by atoms with E-state index < -0.39 is 11.3 Å². The lowest BCUT2D eigenvalue weighted by Gasteiger charge is -2.11. The minimum atomic E-state index is -0.644. The first-order valence-corrected chi connectivity index (χ1v) is 8.45. The molecule has 0 aliphatic heterocycles. The molecule has 0 spiro atoms. The number of hydrogen-bond donors (Lipinski definition) is 1. The van der Waals surface area contributed by atoms with E-state index in [0.717, 1.165) is 0 Å². The van der Waals surface area contributed by atoms with E-state index in [1.807, 2.05) is 0 Å². The maximum Gasteiger partial charge on any atom is 0.264 e. The lowest BCUT2D eigenvalue weighted by atomic mass is 10.0. The second kappa shape index (κ2) is 6.25. The number of carbonyl (C=O) groups is 1. The second-order valence-electron chi connectivity index (χ2n) is 6.10. The third-order valence-electron chi connectivity index (χ3n) is 4.53. The molecule has 0 radical (unpaired) electrons. The van der Waals surface area contributed by atoms with Crippen molar-refractivity contribution in [1.29, 1.82) is 0 Å². The zero-order chi connectivity index (χ0) is 19.1. The number of aromatic hydroxyl groups is 1. The molecule has 27 heavy (non-hydrogen) atoms. The molecule has 0 atom stereocenters. The molecule has 0 amide bonds. The fraction of sp³-hybridized carbons (Fsp3) is 0.0952. The molecule has 2 aromatic carbocycles. The van der Waals surface area contributed by atoms with Gasteiger partial charge < -0.3 is 9.52 Å². The van der Waals surface area contributed by atoms with Crippen molar-refractivity contribution >= 4 is 27.9 Å². The Morgan fingerprint density at radius 1 is 1.00 bits per heavy atom. The average Bonchev–Trinajstić information content (AvgIpc) is 2.68. The van der Waals surface area contributed by atoms with E-state index in [1.54, 1.807) is 43.3 Å². The van der Waals surface area contributed by atoms with Crippen LogP contribution >= 0.6 is 0 Å². The molecule has 2 aromatic heterocycles. The number of ketones is 1. The number of carbonyl (C=O) groups excluding carboxylic acids is 1. The summed E-state index contributed by atoms with van der Waals surface area (Å²) in [5.41, 5.74) is -0.580. The number of nitrogens with zero attached hydrogens (tertiary/aromatic N) is 1. The predicted octanol–water partition coefficient (Wildman–Crippen LogP) is 3.06. The van der Waals surface area contributed by atoms with Crippen LogP contribution in [-0.2, 0) is 6.54 Å². The van der Waals surface area contributed by atoms with Gasteiger partial charge in [0.15, 0.2) is 0 Å². The number of rotatable bonds is 3. The topological polar surface area (TPSA) is 89.5 Å². The first-order valence-electron chi connectivity index (χ1n) is 8.45. The van der Waals surface area contributed by atoms with Gasteiger partial charge >= 0.3 is 0 Å². The summed E-state index contributed by atoms with van der Waals surface area (Å²) in [5, 5.41) is 10.5. The molecular formula is C21H15NO5. The van der Waals surface area contributed by atoms with Crippen LogP contribution in [0, 0.1) is 0 Å². The maximum absolute atomic E-state index is 12.9. The molecule has 0 aliphatic carbocycles. The molecule has 4 aromatic rings. The molecule has 0 bridgehead atoms. The molecule has 0 fully saturated rings. The zero-order valence-corrected chi connectivity index (χ0v) is 14.4. The summed E-state index contributed by atoms with van der Waals surface area (Å²) < 4.78 is 7.06. The van der Waals surface area contributed by atoms with Crippen molar-refractivity contribution in [1.82, 2.24) is 4.57 Å². The van der Waals surface area contributed by atoms with E-state index in [1.165, 1.54) is 22.8 Å². The number of phenols is 1. The van der Waals surface area contributed by atoms with Gasteiger partial charge in [-0.15, -0.1) is 0 Å². The van der Waals surface area contributed by atoms with Gasteiger partial charge in [0, 0.05) is 6.54 Å². The molecule has 0 unspecified atom stereocenters. The normalized spacial score (nSPS) is 11.1. The predicted molar refractivity (Wildman–Crippen MR) is 101 cm³/mol. The lowest BCUT2D eigenvalue weighted by molar-refractivity contribution is 0.103. The van der Waals surface area contributed by atoms with Gasteiger partial charge in [0.25, 0.3) is 5.56 Å². The highest BCUT2D eigenvalue weighted by Gasteiger charge is 2.22. The van der Waals surface area contributed by atoms with Crippen LogP contribution in [0.15, 0.2) is 68.6 Å². The van der Waals surface area contributed by atoms with Gasteiger partial charge in [-0.1, -0.05) is 24.3 Å². The highest BCUT2D eigenvalue weighted by Crippen LogP contribution is 2.22. The van der Waals surface area contributed by atoms with Crippen molar-refractivity contribution in [2.24, 2.45) is 0 Å². The van der Waals surface area contributed by atoms with Gasteiger partial charge in [0.2, 0.25) is 16.9 Å². The van der Waals surface area contributed by atoms with E-state index in [4.69, 9.17) is 4.42 Å². The van der Waals surface area contributed by atoms with Gasteiger partial charge in [0.1, 0.15) is 11.3 Å². The van der Waals surface area contributed by atoms with Crippen LogP contribution < -0.4 is 11.0 Å². The van der Waals surface area contributed by atoms with Gasteiger partial charge in [-0.05, 0) is 37.3 Å². The fourth-order valence-corrected chi connectivity index (χ4v) is 3.18. The number of aromatic nitrogens is 1. The Hall–Kier alpha value is -3.67. The third-order valence-corrected chi connectivity index (χ3v) is 4.53. The van der Waals surface area contributed by atoms with Crippen LogP contribution in [0.3, 0.4) is 0 Å². The molecule has 134 valence electrons. The molecular weight excluding hydrogens is 346 g/mol. The van der Waals surface area contributed by atoms with E-state index in [2.05, 4.69) is 0 Å². The number of aryl methyl sites for hydroxylation is 1. The molecule has 6 nitrogen and oxygen atoms in total. The van der Waals surface area contributed by atoms with Crippen molar-refractivity contribution in [3.8, 4) is 5.75 Å². The van der Waals surface area contributed by atoms with Crippen molar-refractivity contribution in [2.75, 3.05) is 0 Å². The Bertz CT molecular complexity index is 1330. The van der Waals surface area contributed by atoms with Crippen molar-refractivity contribution in [3.63, 3.8) is 0 Å². The van der Waals surface area contributed by atoms with Gasteiger partial charge in [-0.25, -0.2) is 0 Å². The quantitative estimate of drug-likeness (QED) is 0.447. The largest absolute Gasteiger partial charge is 0.507 e. The Kier molecular flexibility index (Phi) is 3.88. The average molecular weight is 361 g/mol. The fourth-order valence-electron chi connectivity index (χ4n) is 3.18. The number of benzene rings is 2. The monoisotopic (exact) mass is 361 g/mol. The third kappa shape index (κ3) is 2.54. The highest BCUT2D eigenvalue weighted by molar-refractivity contribution is 6.11. The Morgan fingerprint density at radius 3 is 2.44 bits per heavy atom. The standard InChI is InChI=1S/C21H15NO5/c1-2-22-20(26)14(18(24)12-7-3-5-9-16(12)23)11-15-19(25)13-8-4-6-10-17(13)27-21(15)22/h3-11,23H,2H2,1H3. The zero-order valence-electron chi connectivity index (χ0n) is 14.4. The summed E-state index contributed by atoms with van der Waals surface area (Å²) >= 11 is 0. The SMILES string of the molecule is CCn1c(=O)c(C(=O)c2ccccc2O)cc2c(=O)c3ccccc3oc21. The van der Waals surface area contributed by atoms with Crippen LogP contribution in [-0.4, -0.2) is 15.5 Å². The Balaban J connectivity index is 2.10. The molecule has 6 heteroatoms. The summed E-state index contributed by atoms with van der Waals surface area (Å²) in [5.74, 6) is -0.870. The Labute approximate surface area is 152 Å². The highest BCUT2D eigenvalue weighted by atomic mass is 16.3. The molecule has 1 N–H and O–H groups in total. The van der Waals surface area contributed by atoms with Crippen LogP contribution in [0.25, 0.3) is 22.1 Å². The second-order valence-corrected chi connectivity index (χ2v) is 6.10. The first-order chi connectivity index (χ1) is 13.0. The Morgan fingerprint density at radius 2 is 1.70 bits per heavy atom. The minimum absolute atomic E-state index is 0.00165. The number of phenolic OH excluding ortho intramolecular Hbond substituents is 1. The smallest absolute Gasteiger partial charge is 0.264 e. The van der Waals surface area contributed by atoms with Crippen LogP contribution in [0.1, 0.15) is 22.8 Å². The van der Waals surface area contributed by atoms with Gasteiger partial charge in [-0.3, -0.25) is 19.0 Å². The first kappa shape index (κ1) is 16.8. The number of pyridine rings is 1. The van der Waals surface area contributed by atoms with E-state index in [9.17, 15) is 19.5 Å². The van der Waals surface area contributed by atoms with Crippen LogP contribution in [0.5, 0.6) is 5.75 Å². The lowest BCUT2D eigenvalue weighted by Crippen LogP contribution is -2.28. The molecule has 0 saturated carbocycles. The molecule has 0 saturated heterocycles. The van der Waals surface area contributed by atoms with Crippen molar-refractivity contribution < 1.29 is 14.3 Å². The number of para-hydroxylation sites is 2. The van der Waals surface area contributed by atoms with E-state index in [0.29, 0.717) is 11.0 Å². The maximum atomic E-state index is 12.9. The van der Waals surface area contributed by atoms with E-state index >= 15 is 0 Å². The summed E-state index contributed by atoms with van der Waals surface area (Å²) in [7, 11) is 0. The molecule has 4 rings (SSSR count).